The third-order valence-corrected chi connectivity index (χ3v) is 5.53. The predicted octanol–water partition coefficient (Wildman–Crippen LogP) is 4.65. The maximum Gasteiger partial charge on any atom is 0.268 e. The number of hydrogen-bond donors (Lipinski definition) is 2. The van der Waals surface area contributed by atoms with E-state index in [0.717, 1.165) is 16.8 Å². The summed E-state index contributed by atoms with van der Waals surface area (Å²) < 4.78 is 1.80. The summed E-state index contributed by atoms with van der Waals surface area (Å²) in [5, 5.41) is 12.6. The number of nitrogens with one attached hydrogen (secondary N) is 2. The summed E-state index contributed by atoms with van der Waals surface area (Å²) in [4.78, 5) is 17.5. The van der Waals surface area contributed by atoms with E-state index < -0.39 is 0 Å². The molecule has 0 saturated heterocycles. The lowest BCUT2D eigenvalue weighted by atomic mass is 10.0. The standard InChI is InChI=1S/C22H17N5OS/c28-20(19-12-7-13-29-19)24-21-25-22-23-17(15-8-3-1-4-9-15)14-18(27(22)26-21)16-10-5-2-6-11-16/h1-14,18H,(H2,23,24,25,26,28). The molecular formula is C22H17N5OS. The van der Waals surface area contributed by atoms with Crippen molar-refractivity contribution < 1.29 is 4.79 Å². The number of rotatable bonds is 4. The first-order valence-electron chi connectivity index (χ1n) is 9.18. The number of anilines is 2. The first-order chi connectivity index (χ1) is 14.3. The van der Waals surface area contributed by atoms with Gasteiger partial charge in [-0.3, -0.25) is 10.1 Å². The van der Waals surface area contributed by atoms with Crippen LogP contribution < -0.4 is 10.6 Å². The minimum Gasteiger partial charge on any atom is -0.324 e. The lowest BCUT2D eigenvalue weighted by Crippen LogP contribution is -2.20. The number of benzene rings is 2. The van der Waals surface area contributed by atoms with Crippen LogP contribution in [0, 0.1) is 0 Å². The molecule has 3 heterocycles. The van der Waals surface area contributed by atoms with Crippen molar-refractivity contribution in [2.24, 2.45) is 0 Å². The van der Waals surface area contributed by atoms with Crippen molar-refractivity contribution in [1.29, 1.82) is 0 Å². The van der Waals surface area contributed by atoms with Crippen LogP contribution in [0.5, 0.6) is 0 Å². The number of thiophene rings is 1. The van der Waals surface area contributed by atoms with Crippen LogP contribution in [0.1, 0.15) is 26.8 Å². The zero-order chi connectivity index (χ0) is 19.6. The highest BCUT2D eigenvalue weighted by Gasteiger charge is 2.25. The number of amides is 1. The highest BCUT2D eigenvalue weighted by molar-refractivity contribution is 7.12. The largest absolute Gasteiger partial charge is 0.324 e. The third-order valence-electron chi connectivity index (χ3n) is 4.66. The Morgan fingerprint density at radius 3 is 2.48 bits per heavy atom. The zero-order valence-electron chi connectivity index (χ0n) is 15.3. The predicted molar refractivity (Wildman–Crippen MR) is 115 cm³/mol. The van der Waals surface area contributed by atoms with E-state index in [9.17, 15) is 4.79 Å². The molecule has 1 aliphatic rings. The normalized spacial score (nSPS) is 15.2. The fraction of sp³-hybridized carbons (Fsp3) is 0.0455. The summed E-state index contributed by atoms with van der Waals surface area (Å²) in [7, 11) is 0. The fourth-order valence-corrected chi connectivity index (χ4v) is 3.91. The average molecular weight is 399 g/mol. The second-order valence-corrected chi connectivity index (χ2v) is 7.51. The van der Waals surface area contributed by atoms with E-state index in [1.165, 1.54) is 11.3 Å². The molecule has 0 bridgehead atoms. The van der Waals surface area contributed by atoms with Gasteiger partial charge in [-0.25, -0.2) is 4.68 Å². The van der Waals surface area contributed by atoms with Gasteiger partial charge in [0.2, 0.25) is 5.95 Å². The maximum absolute atomic E-state index is 12.4. The molecule has 2 N–H and O–H groups in total. The smallest absolute Gasteiger partial charge is 0.268 e. The minimum absolute atomic E-state index is 0.137. The van der Waals surface area contributed by atoms with Crippen LogP contribution in [0.2, 0.25) is 0 Å². The quantitative estimate of drug-likeness (QED) is 0.524. The molecule has 6 nitrogen and oxygen atoms in total. The van der Waals surface area contributed by atoms with Crippen molar-refractivity contribution in [2.45, 2.75) is 6.04 Å². The Morgan fingerprint density at radius 1 is 1.00 bits per heavy atom. The van der Waals surface area contributed by atoms with Gasteiger partial charge in [-0.05, 0) is 28.6 Å². The van der Waals surface area contributed by atoms with E-state index in [1.54, 1.807) is 10.7 Å². The summed E-state index contributed by atoms with van der Waals surface area (Å²) >= 11 is 1.38. The molecule has 0 saturated carbocycles. The molecule has 1 unspecified atom stereocenters. The maximum atomic E-state index is 12.4. The molecule has 0 aliphatic carbocycles. The van der Waals surface area contributed by atoms with Crippen LogP contribution in [0.15, 0.2) is 84.3 Å². The number of carbonyl (C=O) groups excluding carboxylic acids is 1. The van der Waals surface area contributed by atoms with Crippen molar-refractivity contribution in [3.8, 4) is 0 Å². The second-order valence-electron chi connectivity index (χ2n) is 6.56. The molecule has 0 fully saturated rings. The number of nitrogens with zero attached hydrogens (tertiary/aromatic N) is 3. The molecule has 5 rings (SSSR count). The number of allylic oxidation sites excluding steroid dienone is 1. The average Bonchev–Trinajstić information content (AvgIpc) is 3.44. The van der Waals surface area contributed by atoms with Gasteiger partial charge in [-0.1, -0.05) is 66.7 Å². The molecule has 2 aromatic heterocycles. The summed E-state index contributed by atoms with van der Waals surface area (Å²) in [5.41, 5.74) is 3.10. The van der Waals surface area contributed by atoms with Crippen LogP contribution >= 0.6 is 11.3 Å². The molecule has 142 valence electrons. The molecule has 0 radical (unpaired) electrons. The van der Waals surface area contributed by atoms with Gasteiger partial charge in [0.25, 0.3) is 11.9 Å². The van der Waals surface area contributed by atoms with E-state index >= 15 is 0 Å². The summed E-state index contributed by atoms with van der Waals surface area (Å²) in [5.74, 6) is 0.645. The van der Waals surface area contributed by atoms with E-state index in [1.807, 2.05) is 60.0 Å². The van der Waals surface area contributed by atoms with E-state index in [-0.39, 0.29) is 17.9 Å². The SMILES string of the molecule is O=C(Nc1nc2n(n1)C(c1ccccc1)C=C(c1ccccc1)N2)c1cccs1. The van der Waals surface area contributed by atoms with Gasteiger partial charge < -0.3 is 5.32 Å². The fourth-order valence-electron chi connectivity index (χ4n) is 3.29. The Morgan fingerprint density at radius 2 is 1.76 bits per heavy atom. The van der Waals surface area contributed by atoms with Gasteiger partial charge in [-0.2, -0.15) is 4.98 Å². The number of aromatic nitrogens is 3. The monoisotopic (exact) mass is 399 g/mol. The van der Waals surface area contributed by atoms with Crippen LogP contribution in [-0.4, -0.2) is 20.7 Å². The molecule has 0 spiro atoms. The van der Waals surface area contributed by atoms with Crippen molar-refractivity contribution in [3.05, 3.63) is 100 Å². The lowest BCUT2D eigenvalue weighted by Gasteiger charge is -2.24. The highest BCUT2D eigenvalue weighted by atomic mass is 32.1. The molecule has 2 aromatic carbocycles. The first-order valence-corrected chi connectivity index (χ1v) is 10.1. The van der Waals surface area contributed by atoms with Crippen molar-refractivity contribution in [2.75, 3.05) is 10.6 Å². The summed E-state index contributed by atoms with van der Waals surface area (Å²) in [6.45, 7) is 0. The van der Waals surface area contributed by atoms with Gasteiger partial charge in [0.05, 0.1) is 4.88 Å². The Hall–Kier alpha value is -3.71. The zero-order valence-corrected chi connectivity index (χ0v) is 16.1. The number of carbonyl (C=O) groups is 1. The van der Waals surface area contributed by atoms with Crippen LogP contribution in [0.4, 0.5) is 11.9 Å². The van der Waals surface area contributed by atoms with E-state index in [4.69, 9.17) is 0 Å². The molecule has 1 atom stereocenters. The minimum atomic E-state index is -0.213. The second kappa shape index (κ2) is 7.37. The number of hydrogen-bond acceptors (Lipinski definition) is 5. The van der Waals surface area contributed by atoms with Crippen LogP contribution in [-0.2, 0) is 0 Å². The van der Waals surface area contributed by atoms with Crippen LogP contribution in [0.25, 0.3) is 5.70 Å². The van der Waals surface area contributed by atoms with Crippen molar-refractivity contribution in [3.63, 3.8) is 0 Å². The Balaban J connectivity index is 1.52. The summed E-state index contributed by atoms with van der Waals surface area (Å²) in [6.07, 6.45) is 2.12. The Bertz CT molecular complexity index is 1170. The van der Waals surface area contributed by atoms with E-state index in [0.29, 0.717) is 10.8 Å². The first kappa shape index (κ1) is 17.4. The van der Waals surface area contributed by atoms with Gasteiger partial charge >= 0.3 is 0 Å². The highest BCUT2D eigenvalue weighted by Crippen LogP contribution is 2.33. The lowest BCUT2D eigenvalue weighted by molar-refractivity contribution is 0.102. The van der Waals surface area contributed by atoms with Gasteiger partial charge in [0, 0.05) is 5.70 Å². The summed E-state index contributed by atoms with van der Waals surface area (Å²) in [6, 6.07) is 23.7. The topological polar surface area (TPSA) is 71.8 Å². The van der Waals surface area contributed by atoms with E-state index in [2.05, 4.69) is 38.9 Å². The molecule has 1 aliphatic heterocycles. The molecule has 4 aromatic rings. The molecule has 1 amide bonds. The van der Waals surface area contributed by atoms with Gasteiger partial charge in [-0.15, -0.1) is 16.4 Å². The molecule has 7 heteroatoms. The molecular weight excluding hydrogens is 382 g/mol. The van der Waals surface area contributed by atoms with Crippen molar-refractivity contribution in [1.82, 2.24) is 14.8 Å². The van der Waals surface area contributed by atoms with Gasteiger partial charge in [0.1, 0.15) is 6.04 Å². The Labute approximate surface area is 171 Å². The Kier molecular flexibility index (Phi) is 4.42. The van der Waals surface area contributed by atoms with Crippen molar-refractivity contribution >= 4 is 34.8 Å². The van der Waals surface area contributed by atoms with Gasteiger partial charge in [0.15, 0.2) is 0 Å². The van der Waals surface area contributed by atoms with Crippen LogP contribution in [0.3, 0.4) is 0 Å². The number of fused-ring (bicyclic) bond motifs is 1. The third kappa shape index (κ3) is 3.43. The molecule has 29 heavy (non-hydrogen) atoms.